The van der Waals surface area contributed by atoms with Gasteiger partial charge in [0.25, 0.3) is 11.7 Å². The number of nitrogens with zero attached hydrogens (tertiary/aromatic N) is 4. The molecule has 2 aromatic heterocycles. The minimum absolute atomic E-state index is 0.100. The van der Waals surface area contributed by atoms with Crippen molar-refractivity contribution in [1.82, 2.24) is 19.2 Å². The summed E-state index contributed by atoms with van der Waals surface area (Å²) in [6.45, 7) is 7.09. The summed E-state index contributed by atoms with van der Waals surface area (Å²) in [6.07, 6.45) is 3.49. The fourth-order valence-electron chi connectivity index (χ4n) is 4.62. The van der Waals surface area contributed by atoms with Gasteiger partial charge in [0.1, 0.15) is 11.3 Å². The molecule has 178 valence electrons. The van der Waals surface area contributed by atoms with Crippen LogP contribution in [0, 0.1) is 13.8 Å². The highest BCUT2D eigenvalue weighted by Gasteiger charge is 2.46. The summed E-state index contributed by atoms with van der Waals surface area (Å²) in [5.74, 6) is -1.47. The van der Waals surface area contributed by atoms with Crippen LogP contribution >= 0.6 is 0 Å². The molecule has 1 saturated heterocycles. The minimum Gasteiger partial charge on any atom is -0.505 e. The zero-order valence-electron chi connectivity index (χ0n) is 20.5. The highest BCUT2D eigenvalue weighted by atomic mass is 16.3. The molecule has 34 heavy (non-hydrogen) atoms. The van der Waals surface area contributed by atoms with Crippen molar-refractivity contribution in [3.63, 3.8) is 0 Å². The Hall–Kier alpha value is -3.45. The highest BCUT2D eigenvalue weighted by molar-refractivity contribution is 6.46. The lowest BCUT2D eigenvalue weighted by Crippen LogP contribution is -2.32. The fourth-order valence-corrected chi connectivity index (χ4v) is 4.62. The van der Waals surface area contributed by atoms with E-state index >= 15 is 0 Å². The Balaban J connectivity index is 1.86. The van der Waals surface area contributed by atoms with Crippen LogP contribution in [0.4, 0.5) is 0 Å². The van der Waals surface area contributed by atoms with Gasteiger partial charge in [-0.05, 0) is 70.1 Å². The number of aliphatic hydroxyl groups excluding tert-OH is 1. The third-order valence-electron chi connectivity index (χ3n) is 6.56. The first-order valence-electron chi connectivity index (χ1n) is 11.7. The van der Waals surface area contributed by atoms with E-state index in [9.17, 15) is 14.7 Å². The molecule has 1 aliphatic heterocycles. The van der Waals surface area contributed by atoms with Gasteiger partial charge < -0.3 is 19.3 Å². The average Bonchev–Trinajstić information content (AvgIpc) is 3.29. The molecule has 7 heteroatoms. The van der Waals surface area contributed by atoms with Crippen molar-refractivity contribution in [1.29, 1.82) is 0 Å². The maximum atomic E-state index is 13.3. The Bertz CT molecular complexity index is 1270. The van der Waals surface area contributed by atoms with Gasteiger partial charge in [-0.2, -0.15) is 0 Å². The molecule has 0 bridgehead atoms. The SMILES string of the molecule is CCc1ccc(C2/C(=C(\O)c3nc4c(C)cccn4c3C)C(=O)C(=O)N2CCCN(C)C)cc1. The standard InChI is InChI=1S/C27H32N4O3/c1-6-19-10-12-20(13-11-19)23-21(25(33)27(34)31(23)16-8-14-29(4)5)24(32)22-18(3)30-15-7-9-17(2)26(30)28-22/h7,9-13,15,23,32H,6,8,14,16H2,1-5H3/b24-21+. The highest BCUT2D eigenvalue weighted by Crippen LogP contribution is 2.40. The first kappa shape index (κ1) is 23.7. The molecule has 0 aliphatic carbocycles. The van der Waals surface area contributed by atoms with Crippen molar-refractivity contribution >= 4 is 23.1 Å². The molecule has 1 N–H and O–H groups in total. The van der Waals surface area contributed by atoms with Gasteiger partial charge in [-0.1, -0.05) is 37.3 Å². The number of Topliss-reactive ketones (excluding diaryl/α,β-unsaturated/α-hetero) is 1. The lowest BCUT2D eigenvalue weighted by molar-refractivity contribution is -0.139. The summed E-state index contributed by atoms with van der Waals surface area (Å²) in [5, 5.41) is 11.4. The van der Waals surface area contributed by atoms with Crippen LogP contribution in [0.25, 0.3) is 11.4 Å². The second kappa shape index (κ2) is 9.43. The van der Waals surface area contributed by atoms with Crippen LogP contribution in [-0.4, -0.2) is 63.2 Å². The second-order valence-electron chi connectivity index (χ2n) is 9.18. The summed E-state index contributed by atoms with van der Waals surface area (Å²) >= 11 is 0. The summed E-state index contributed by atoms with van der Waals surface area (Å²) in [6, 6.07) is 11.1. The van der Waals surface area contributed by atoms with Crippen LogP contribution in [0.2, 0.25) is 0 Å². The van der Waals surface area contributed by atoms with E-state index in [-0.39, 0.29) is 11.3 Å². The molecule has 1 amide bonds. The molecule has 1 unspecified atom stereocenters. The Morgan fingerprint density at radius 3 is 2.44 bits per heavy atom. The van der Waals surface area contributed by atoms with Crippen LogP contribution in [0.5, 0.6) is 0 Å². The molecular formula is C27H32N4O3. The van der Waals surface area contributed by atoms with Crippen molar-refractivity contribution in [2.75, 3.05) is 27.2 Å². The molecule has 1 aliphatic rings. The number of aliphatic hydroxyl groups is 1. The molecule has 7 nitrogen and oxygen atoms in total. The topological polar surface area (TPSA) is 78.1 Å². The number of aromatic nitrogens is 2. The largest absolute Gasteiger partial charge is 0.505 e. The quantitative estimate of drug-likeness (QED) is 0.329. The number of ketones is 1. The number of amides is 1. The van der Waals surface area contributed by atoms with E-state index in [0.29, 0.717) is 17.9 Å². The molecule has 0 radical (unpaired) electrons. The monoisotopic (exact) mass is 460 g/mol. The van der Waals surface area contributed by atoms with E-state index in [1.165, 1.54) is 5.56 Å². The van der Waals surface area contributed by atoms with Crippen molar-refractivity contribution < 1.29 is 14.7 Å². The molecule has 0 spiro atoms. The summed E-state index contributed by atoms with van der Waals surface area (Å²) in [4.78, 5) is 34.7. The summed E-state index contributed by atoms with van der Waals surface area (Å²) in [7, 11) is 3.95. The van der Waals surface area contributed by atoms with Gasteiger partial charge in [0.15, 0.2) is 5.76 Å². The van der Waals surface area contributed by atoms with E-state index in [4.69, 9.17) is 0 Å². The van der Waals surface area contributed by atoms with E-state index in [1.54, 1.807) is 4.90 Å². The predicted octanol–water partition coefficient (Wildman–Crippen LogP) is 3.89. The number of benzene rings is 1. The number of hydrogen-bond acceptors (Lipinski definition) is 5. The van der Waals surface area contributed by atoms with Crippen LogP contribution in [0.3, 0.4) is 0 Å². The van der Waals surface area contributed by atoms with E-state index in [2.05, 4.69) is 11.9 Å². The summed E-state index contributed by atoms with van der Waals surface area (Å²) < 4.78 is 1.89. The maximum Gasteiger partial charge on any atom is 0.295 e. The zero-order chi connectivity index (χ0) is 24.6. The minimum atomic E-state index is -0.667. The Morgan fingerprint density at radius 2 is 1.82 bits per heavy atom. The Morgan fingerprint density at radius 1 is 1.12 bits per heavy atom. The molecule has 0 saturated carbocycles. The van der Waals surface area contributed by atoms with E-state index in [1.807, 2.05) is 79.8 Å². The summed E-state index contributed by atoms with van der Waals surface area (Å²) in [5.41, 5.74) is 4.79. The van der Waals surface area contributed by atoms with E-state index in [0.717, 1.165) is 36.2 Å². The average molecular weight is 461 g/mol. The lowest BCUT2D eigenvalue weighted by Gasteiger charge is -2.26. The van der Waals surface area contributed by atoms with Crippen molar-refractivity contribution in [3.05, 3.63) is 76.2 Å². The molecule has 1 aromatic carbocycles. The van der Waals surface area contributed by atoms with Gasteiger partial charge in [-0.25, -0.2) is 4.98 Å². The third kappa shape index (κ3) is 4.12. The van der Waals surface area contributed by atoms with Crippen LogP contribution in [-0.2, 0) is 16.0 Å². The molecule has 1 atom stereocenters. The fraction of sp³-hybridized carbons (Fsp3) is 0.370. The first-order chi connectivity index (χ1) is 16.2. The lowest BCUT2D eigenvalue weighted by atomic mass is 9.95. The molecule has 3 heterocycles. The number of fused-ring (bicyclic) bond motifs is 1. The molecule has 4 rings (SSSR count). The number of likely N-dealkylation sites (tertiary alicyclic amines) is 1. The second-order valence-corrected chi connectivity index (χ2v) is 9.18. The first-order valence-corrected chi connectivity index (χ1v) is 11.7. The van der Waals surface area contributed by atoms with E-state index < -0.39 is 17.7 Å². The number of pyridine rings is 1. The molecule has 1 fully saturated rings. The van der Waals surface area contributed by atoms with Gasteiger partial charge in [0, 0.05) is 12.7 Å². The smallest absolute Gasteiger partial charge is 0.295 e. The number of rotatable bonds is 7. The van der Waals surface area contributed by atoms with Gasteiger partial charge in [-0.3, -0.25) is 9.59 Å². The van der Waals surface area contributed by atoms with Gasteiger partial charge >= 0.3 is 0 Å². The number of carbonyl (C=O) groups is 2. The van der Waals surface area contributed by atoms with Gasteiger partial charge in [0.05, 0.1) is 17.3 Å². The zero-order valence-corrected chi connectivity index (χ0v) is 20.5. The molecule has 3 aromatic rings. The number of imidazole rings is 1. The third-order valence-corrected chi connectivity index (χ3v) is 6.56. The van der Waals surface area contributed by atoms with Crippen LogP contribution in [0.15, 0.2) is 48.2 Å². The normalized spacial score (nSPS) is 17.9. The predicted molar refractivity (Wildman–Crippen MR) is 133 cm³/mol. The number of hydrogen-bond donors (Lipinski definition) is 1. The van der Waals surface area contributed by atoms with Crippen molar-refractivity contribution in [2.45, 2.75) is 39.7 Å². The van der Waals surface area contributed by atoms with Gasteiger partial charge in [-0.15, -0.1) is 0 Å². The van der Waals surface area contributed by atoms with Crippen molar-refractivity contribution in [2.24, 2.45) is 0 Å². The van der Waals surface area contributed by atoms with Crippen LogP contribution in [0.1, 0.15) is 47.5 Å². The Kier molecular flexibility index (Phi) is 6.57. The number of aryl methyl sites for hydroxylation is 3. The maximum absolute atomic E-state index is 13.3. The Labute approximate surface area is 200 Å². The van der Waals surface area contributed by atoms with Crippen molar-refractivity contribution in [3.8, 4) is 0 Å². The van der Waals surface area contributed by atoms with Gasteiger partial charge in [0.2, 0.25) is 0 Å². The molecular weight excluding hydrogens is 428 g/mol. The van der Waals surface area contributed by atoms with Crippen LogP contribution < -0.4 is 0 Å². The number of carbonyl (C=O) groups excluding carboxylic acids is 2.